The van der Waals surface area contributed by atoms with E-state index in [1.54, 1.807) is 41.3 Å². The molecule has 6 heteroatoms. The first kappa shape index (κ1) is 18.0. The zero-order valence-corrected chi connectivity index (χ0v) is 16.4. The van der Waals surface area contributed by atoms with Gasteiger partial charge in [-0.3, -0.25) is 4.79 Å². The van der Waals surface area contributed by atoms with E-state index in [-0.39, 0.29) is 5.91 Å². The number of carbonyl (C=O) groups excluding carboxylic acids is 1. The summed E-state index contributed by atoms with van der Waals surface area (Å²) in [6.45, 7) is 0. The first-order chi connectivity index (χ1) is 13.7. The molecule has 0 aliphatic carbocycles. The first-order valence-corrected chi connectivity index (χ1v) is 9.66. The number of ether oxygens (including phenoxy) is 1. The lowest BCUT2D eigenvalue weighted by atomic mass is 10.2. The van der Waals surface area contributed by atoms with Crippen LogP contribution >= 0.6 is 11.3 Å². The van der Waals surface area contributed by atoms with Crippen LogP contribution in [-0.2, 0) is 0 Å². The van der Waals surface area contributed by atoms with Gasteiger partial charge in [-0.25, -0.2) is 4.68 Å². The van der Waals surface area contributed by atoms with E-state index in [2.05, 4.69) is 0 Å². The fourth-order valence-corrected chi connectivity index (χ4v) is 3.67. The lowest BCUT2D eigenvalue weighted by Gasteiger charge is -2.17. The van der Waals surface area contributed by atoms with E-state index >= 15 is 0 Å². The van der Waals surface area contributed by atoms with Crippen molar-refractivity contribution >= 4 is 22.9 Å². The van der Waals surface area contributed by atoms with Crippen molar-refractivity contribution in [2.45, 2.75) is 0 Å². The summed E-state index contributed by atoms with van der Waals surface area (Å²) in [6.07, 6.45) is 1.80. The minimum atomic E-state index is -0.115. The number of aromatic nitrogens is 2. The van der Waals surface area contributed by atoms with Gasteiger partial charge in [0, 0.05) is 18.9 Å². The SMILES string of the molecule is COc1ccc(N(C)C(=O)c2cn(-c3ccccc3)nc2-c2cccs2)cc1. The van der Waals surface area contributed by atoms with Crippen molar-refractivity contribution in [2.24, 2.45) is 0 Å². The number of rotatable bonds is 5. The smallest absolute Gasteiger partial charge is 0.261 e. The molecule has 0 unspecified atom stereocenters. The van der Waals surface area contributed by atoms with Crippen LogP contribution in [0.5, 0.6) is 5.75 Å². The normalized spacial score (nSPS) is 10.6. The summed E-state index contributed by atoms with van der Waals surface area (Å²) in [7, 11) is 3.39. The monoisotopic (exact) mass is 389 g/mol. The molecule has 28 heavy (non-hydrogen) atoms. The quantitative estimate of drug-likeness (QED) is 0.488. The average molecular weight is 389 g/mol. The number of anilines is 1. The van der Waals surface area contributed by atoms with Gasteiger partial charge in [0.2, 0.25) is 0 Å². The van der Waals surface area contributed by atoms with Crippen molar-refractivity contribution in [1.82, 2.24) is 9.78 Å². The van der Waals surface area contributed by atoms with Gasteiger partial charge in [0.1, 0.15) is 11.4 Å². The van der Waals surface area contributed by atoms with Gasteiger partial charge in [0.15, 0.2) is 0 Å². The minimum Gasteiger partial charge on any atom is -0.497 e. The Morgan fingerprint density at radius 3 is 2.43 bits per heavy atom. The number of para-hydroxylation sites is 1. The molecule has 2 aromatic carbocycles. The number of carbonyl (C=O) groups is 1. The van der Waals surface area contributed by atoms with Crippen LogP contribution in [0.1, 0.15) is 10.4 Å². The van der Waals surface area contributed by atoms with Gasteiger partial charge in [-0.1, -0.05) is 24.3 Å². The van der Waals surface area contributed by atoms with Crippen molar-refractivity contribution < 1.29 is 9.53 Å². The lowest BCUT2D eigenvalue weighted by molar-refractivity contribution is 0.0993. The van der Waals surface area contributed by atoms with E-state index in [1.807, 2.05) is 72.1 Å². The number of benzene rings is 2. The molecule has 1 amide bonds. The van der Waals surface area contributed by atoms with Crippen molar-refractivity contribution in [2.75, 3.05) is 19.1 Å². The van der Waals surface area contributed by atoms with Crippen LogP contribution in [0.25, 0.3) is 16.3 Å². The largest absolute Gasteiger partial charge is 0.497 e. The molecule has 2 aromatic heterocycles. The molecule has 140 valence electrons. The Morgan fingerprint density at radius 1 is 1.04 bits per heavy atom. The molecule has 0 N–H and O–H groups in total. The van der Waals surface area contributed by atoms with E-state index in [1.165, 1.54) is 0 Å². The van der Waals surface area contributed by atoms with Crippen LogP contribution < -0.4 is 9.64 Å². The Balaban J connectivity index is 1.74. The van der Waals surface area contributed by atoms with Crippen molar-refractivity contribution in [3.8, 4) is 22.0 Å². The molecule has 0 saturated carbocycles. The van der Waals surface area contributed by atoms with Gasteiger partial charge in [0.25, 0.3) is 5.91 Å². The van der Waals surface area contributed by atoms with Crippen molar-refractivity contribution in [1.29, 1.82) is 0 Å². The van der Waals surface area contributed by atoms with Gasteiger partial charge in [0.05, 0.1) is 23.2 Å². The maximum absolute atomic E-state index is 13.3. The highest BCUT2D eigenvalue weighted by molar-refractivity contribution is 7.13. The summed E-state index contributed by atoms with van der Waals surface area (Å²) in [6, 6.07) is 21.1. The molecule has 0 spiro atoms. The number of thiophene rings is 1. The van der Waals surface area contributed by atoms with E-state index in [9.17, 15) is 4.79 Å². The molecular weight excluding hydrogens is 370 g/mol. The second-order valence-electron chi connectivity index (χ2n) is 6.21. The highest BCUT2D eigenvalue weighted by atomic mass is 32.1. The number of amides is 1. The number of hydrogen-bond donors (Lipinski definition) is 0. The molecule has 4 aromatic rings. The third-order valence-corrected chi connectivity index (χ3v) is 5.36. The second-order valence-corrected chi connectivity index (χ2v) is 7.16. The Labute approximate surface area is 167 Å². The molecule has 0 radical (unpaired) electrons. The molecule has 0 aliphatic heterocycles. The maximum Gasteiger partial charge on any atom is 0.261 e. The summed E-state index contributed by atoms with van der Waals surface area (Å²) in [5.41, 5.74) is 2.94. The molecule has 0 fully saturated rings. The van der Waals surface area contributed by atoms with Gasteiger partial charge in [-0.15, -0.1) is 11.3 Å². The minimum absolute atomic E-state index is 0.115. The Kier molecular flexibility index (Phi) is 4.95. The standard InChI is InChI=1S/C22H19N3O2S/c1-24(16-10-12-18(27-2)13-11-16)22(26)19-15-25(17-7-4-3-5-8-17)23-21(19)20-9-6-14-28-20/h3-15H,1-2H3. The van der Waals surface area contributed by atoms with E-state index in [4.69, 9.17) is 9.84 Å². The van der Waals surface area contributed by atoms with Crippen LogP contribution in [0.3, 0.4) is 0 Å². The highest BCUT2D eigenvalue weighted by Gasteiger charge is 2.23. The molecule has 0 atom stereocenters. The fourth-order valence-electron chi connectivity index (χ4n) is 2.94. The zero-order chi connectivity index (χ0) is 19.5. The molecule has 2 heterocycles. The topological polar surface area (TPSA) is 47.4 Å². The Bertz CT molecular complexity index is 1070. The molecule has 4 rings (SSSR count). The fraction of sp³-hybridized carbons (Fsp3) is 0.0909. The molecule has 5 nitrogen and oxygen atoms in total. The molecule has 0 aliphatic rings. The number of nitrogens with zero attached hydrogens (tertiary/aromatic N) is 3. The van der Waals surface area contributed by atoms with Gasteiger partial charge >= 0.3 is 0 Å². The van der Waals surface area contributed by atoms with Crippen molar-refractivity contribution in [3.63, 3.8) is 0 Å². The third-order valence-electron chi connectivity index (χ3n) is 4.48. The summed E-state index contributed by atoms with van der Waals surface area (Å²) in [5.74, 6) is 0.636. The second kappa shape index (κ2) is 7.70. The zero-order valence-electron chi connectivity index (χ0n) is 15.6. The number of methoxy groups -OCH3 is 1. The van der Waals surface area contributed by atoms with Crippen LogP contribution in [0, 0.1) is 0 Å². The van der Waals surface area contributed by atoms with Gasteiger partial charge in [-0.05, 0) is 47.8 Å². The van der Waals surface area contributed by atoms with Crippen LogP contribution in [0.4, 0.5) is 5.69 Å². The summed E-state index contributed by atoms with van der Waals surface area (Å²) >= 11 is 1.57. The molecule has 0 bridgehead atoms. The predicted octanol–water partition coefficient (Wildman–Crippen LogP) is 4.89. The van der Waals surface area contributed by atoms with E-state index in [0.717, 1.165) is 22.0 Å². The third kappa shape index (κ3) is 3.42. The Morgan fingerprint density at radius 2 is 1.79 bits per heavy atom. The van der Waals surface area contributed by atoms with Crippen molar-refractivity contribution in [3.05, 3.63) is 83.9 Å². The van der Waals surface area contributed by atoms with Crippen LogP contribution in [0.2, 0.25) is 0 Å². The number of hydrogen-bond acceptors (Lipinski definition) is 4. The Hall–Kier alpha value is -3.38. The predicted molar refractivity (Wildman–Crippen MR) is 113 cm³/mol. The van der Waals surface area contributed by atoms with Crippen LogP contribution in [0.15, 0.2) is 78.3 Å². The maximum atomic E-state index is 13.3. The van der Waals surface area contributed by atoms with Crippen LogP contribution in [-0.4, -0.2) is 29.8 Å². The van der Waals surface area contributed by atoms with E-state index in [0.29, 0.717) is 11.3 Å². The van der Waals surface area contributed by atoms with Gasteiger partial charge < -0.3 is 9.64 Å². The summed E-state index contributed by atoms with van der Waals surface area (Å²) < 4.78 is 6.95. The molecule has 0 saturated heterocycles. The summed E-state index contributed by atoms with van der Waals surface area (Å²) in [4.78, 5) is 15.9. The summed E-state index contributed by atoms with van der Waals surface area (Å²) in [5, 5.41) is 6.69. The first-order valence-electron chi connectivity index (χ1n) is 8.78. The van der Waals surface area contributed by atoms with Gasteiger partial charge in [-0.2, -0.15) is 5.10 Å². The van der Waals surface area contributed by atoms with E-state index < -0.39 is 0 Å². The average Bonchev–Trinajstić information content (AvgIpc) is 3.43. The molecular formula is C22H19N3O2S. The lowest BCUT2D eigenvalue weighted by Crippen LogP contribution is -2.26. The highest BCUT2D eigenvalue weighted by Crippen LogP contribution is 2.29.